The first-order chi connectivity index (χ1) is 13.4. The summed E-state index contributed by atoms with van der Waals surface area (Å²) in [6, 6.07) is 0.213. The Balaban J connectivity index is 1.88. The molecule has 1 aromatic heterocycles. The highest BCUT2D eigenvalue weighted by Gasteiger charge is 2.22. The largest absolute Gasteiger partial charge is 0.377 e. The molecule has 160 valence electrons. The van der Waals surface area contributed by atoms with Crippen LogP contribution in [0.3, 0.4) is 0 Å². The van der Waals surface area contributed by atoms with E-state index in [0.29, 0.717) is 38.5 Å². The van der Waals surface area contributed by atoms with Crippen molar-refractivity contribution in [3.05, 3.63) is 11.6 Å². The van der Waals surface area contributed by atoms with Gasteiger partial charge in [0.25, 0.3) is 0 Å². The second-order valence-corrected chi connectivity index (χ2v) is 8.79. The molecule has 0 bridgehead atoms. The molecule has 28 heavy (non-hydrogen) atoms. The number of nitrogens with zero attached hydrogens (tertiary/aromatic N) is 5. The molecule has 2 heterocycles. The molecule has 1 atom stereocenters. The van der Waals surface area contributed by atoms with Gasteiger partial charge in [0, 0.05) is 45.8 Å². The topological polar surface area (TPSA) is 114 Å². The van der Waals surface area contributed by atoms with Crippen LogP contribution < -0.4 is 10.6 Å². The van der Waals surface area contributed by atoms with E-state index in [1.54, 1.807) is 7.11 Å². The Bertz CT molecular complexity index is 748. The summed E-state index contributed by atoms with van der Waals surface area (Å²) in [7, 11) is -1.51. The van der Waals surface area contributed by atoms with Gasteiger partial charge in [0.15, 0.2) is 11.8 Å². The number of hydrogen-bond donors (Lipinski definition) is 2. The van der Waals surface area contributed by atoms with E-state index in [9.17, 15) is 8.42 Å². The van der Waals surface area contributed by atoms with Gasteiger partial charge in [-0.05, 0) is 19.8 Å². The van der Waals surface area contributed by atoms with Crippen LogP contribution in [0.5, 0.6) is 0 Å². The highest BCUT2D eigenvalue weighted by molar-refractivity contribution is 7.88. The van der Waals surface area contributed by atoms with Crippen molar-refractivity contribution in [2.45, 2.75) is 52.3 Å². The van der Waals surface area contributed by atoms with Crippen LogP contribution >= 0.6 is 0 Å². The third-order valence-electron chi connectivity index (χ3n) is 4.52. The van der Waals surface area contributed by atoms with E-state index in [4.69, 9.17) is 4.74 Å². The summed E-state index contributed by atoms with van der Waals surface area (Å²) in [6.07, 6.45) is 3.72. The molecule has 0 aromatic carbocycles. The predicted octanol–water partition coefficient (Wildman–Crippen LogP) is -0.0340. The van der Waals surface area contributed by atoms with Gasteiger partial charge in [0.05, 0.1) is 12.8 Å². The molecule has 11 heteroatoms. The number of fused-ring (bicyclic) bond motifs is 1. The van der Waals surface area contributed by atoms with Gasteiger partial charge in [0.1, 0.15) is 12.4 Å². The van der Waals surface area contributed by atoms with Crippen LogP contribution in [0.4, 0.5) is 0 Å². The van der Waals surface area contributed by atoms with Crippen LogP contribution in [0.25, 0.3) is 0 Å². The normalized spacial score (nSPS) is 17.6. The summed E-state index contributed by atoms with van der Waals surface area (Å²) in [5.41, 5.74) is 0. The van der Waals surface area contributed by atoms with Crippen LogP contribution in [0.2, 0.25) is 0 Å². The lowest BCUT2D eigenvalue weighted by atomic mass is 10.1. The number of nitrogens with one attached hydrogen (secondary N) is 2. The first kappa shape index (κ1) is 22.6. The smallest absolute Gasteiger partial charge is 0.211 e. The summed E-state index contributed by atoms with van der Waals surface area (Å²) in [4.78, 5) is 9.09. The number of guanidine groups is 1. The van der Waals surface area contributed by atoms with E-state index in [2.05, 4.69) is 25.7 Å². The number of hydrogen-bond acceptors (Lipinski definition) is 6. The minimum absolute atomic E-state index is 0.213. The van der Waals surface area contributed by atoms with E-state index in [1.807, 2.05) is 18.5 Å². The Hall–Kier alpha value is -1.72. The maximum atomic E-state index is 11.6. The van der Waals surface area contributed by atoms with Crippen molar-refractivity contribution in [2.24, 2.45) is 4.99 Å². The minimum Gasteiger partial charge on any atom is -0.377 e. The number of ether oxygens (including phenoxy) is 1. The van der Waals surface area contributed by atoms with Gasteiger partial charge in [0.2, 0.25) is 10.0 Å². The van der Waals surface area contributed by atoms with Crippen molar-refractivity contribution in [3.8, 4) is 0 Å². The number of aryl methyl sites for hydroxylation is 1. The molecule has 2 rings (SSSR count). The van der Waals surface area contributed by atoms with Gasteiger partial charge in [-0.15, -0.1) is 0 Å². The fraction of sp³-hybridized carbons (Fsp3) is 0.824. The summed E-state index contributed by atoms with van der Waals surface area (Å²) < 4.78 is 31.8. The van der Waals surface area contributed by atoms with E-state index in [1.165, 1.54) is 10.6 Å². The standard InChI is InChI=1S/C17H33N7O3S/c1-5-18-17(19-10-7-11-23(6-2)28(4,25)26)20-14-8-9-16-21-15(13-27-3)22-24(16)12-14/h14H,5-13H2,1-4H3,(H2,18,19,20). The zero-order valence-electron chi connectivity index (χ0n) is 17.3. The molecule has 0 spiro atoms. The van der Waals surface area contributed by atoms with Crippen molar-refractivity contribution in [2.75, 3.05) is 39.5 Å². The summed E-state index contributed by atoms with van der Waals surface area (Å²) >= 11 is 0. The Kier molecular flexibility index (Phi) is 8.64. The average molecular weight is 416 g/mol. The van der Waals surface area contributed by atoms with Crippen molar-refractivity contribution < 1.29 is 13.2 Å². The Morgan fingerprint density at radius 1 is 1.43 bits per heavy atom. The fourth-order valence-corrected chi connectivity index (χ4v) is 4.11. The zero-order chi connectivity index (χ0) is 20.6. The van der Waals surface area contributed by atoms with Crippen molar-refractivity contribution in [1.82, 2.24) is 29.7 Å². The lowest BCUT2D eigenvalue weighted by molar-refractivity contribution is 0.177. The fourth-order valence-electron chi connectivity index (χ4n) is 3.18. The maximum absolute atomic E-state index is 11.6. The van der Waals surface area contributed by atoms with E-state index < -0.39 is 10.0 Å². The molecule has 0 fully saturated rings. The predicted molar refractivity (Wildman–Crippen MR) is 109 cm³/mol. The second kappa shape index (κ2) is 10.7. The Morgan fingerprint density at radius 3 is 2.86 bits per heavy atom. The number of methoxy groups -OCH3 is 1. The van der Waals surface area contributed by atoms with E-state index in [0.717, 1.165) is 37.7 Å². The zero-order valence-corrected chi connectivity index (χ0v) is 18.1. The third-order valence-corrected chi connectivity index (χ3v) is 5.90. The summed E-state index contributed by atoms with van der Waals surface area (Å²) in [5, 5.41) is 11.2. The average Bonchev–Trinajstić information content (AvgIpc) is 3.02. The first-order valence-electron chi connectivity index (χ1n) is 9.78. The lowest BCUT2D eigenvalue weighted by Crippen LogP contribution is -2.47. The molecule has 1 unspecified atom stereocenters. The first-order valence-corrected chi connectivity index (χ1v) is 11.6. The number of aliphatic imine (C=N–C) groups is 1. The number of rotatable bonds is 10. The van der Waals surface area contributed by atoms with Gasteiger partial charge in [-0.25, -0.2) is 22.4 Å². The quantitative estimate of drug-likeness (QED) is 0.313. The molecule has 0 radical (unpaired) electrons. The summed E-state index contributed by atoms with van der Waals surface area (Å²) in [6.45, 7) is 7.29. The Labute approximate surface area is 167 Å². The van der Waals surface area contributed by atoms with Gasteiger partial charge >= 0.3 is 0 Å². The molecule has 2 N–H and O–H groups in total. The van der Waals surface area contributed by atoms with Crippen LogP contribution in [0.15, 0.2) is 4.99 Å². The maximum Gasteiger partial charge on any atom is 0.211 e. The Morgan fingerprint density at radius 2 is 2.21 bits per heavy atom. The van der Waals surface area contributed by atoms with Crippen LogP contribution in [0.1, 0.15) is 38.3 Å². The minimum atomic E-state index is -3.15. The van der Waals surface area contributed by atoms with E-state index in [-0.39, 0.29) is 6.04 Å². The summed E-state index contributed by atoms with van der Waals surface area (Å²) in [5.74, 6) is 2.45. The van der Waals surface area contributed by atoms with Gasteiger partial charge in [-0.2, -0.15) is 5.10 Å². The number of aromatic nitrogens is 3. The molecule has 10 nitrogen and oxygen atoms in total. The molecular formula is C17H33N7O3S. The van der Waals surface area contributed by atoms with Gasteiger partial charge in [-0.1, -0.05) is 6.92 Å². The van der Waals surface area contributed by atoms with Gasteiger partial charge < -0.3 is 15.4 Å². The van der Waals surface area contributed by atoms with Crippen molar-refractivity contribution >= 4 is 16.0 Å². The van der Waals surface area contributed by atoms with Crippen molar-refractivity contribution in [3.63, 3.8) is 0 Å². The lowest BCUT2D eigenvalue weighted by Gasteiger charge is -2.25. The molecular weight excluding hydrogens is 382 g/mol. The highest BCUT2D eigenvalue weighted by atomic mass is 32.2. The van der Waals surface area contributed by atoms with Gasteiger partial charge in [-0.3, -0.25) is 4.99 Å². The molecule has 1 aliphatic heterocycles. The second-order valence-electron chi connectivity index (χ2n) is 6.81. The SMILES string of the molecule is CCNC(=NCCCN(CC)S(C)(=O)=O)NC1CCc2nc(COC)nn2C1. The van der Waals surface area contributed by atoms with E-state index >= 15 is 0 Å². The molecule has 0 saturated heterocycles. The van der Waals surface area contributed by atoms with Crippen molar-refractivity contribution in [1.29, 1.82) is 0 Å². The molecule has 0 amide bonds. The van der Waals surface area contributed by atoms with Crippen LogP contribution in [0, 0.1) is 0 Å². The molecule has 1 aliphatic rings. The van der Waals surface area contributed by atoms with Crippen LogP contribution in [-0.2, 0) is 34.3 Å². The molecule has 0 saturated carbocycles. The molecule has 0 aliphatic carbocycles. The highest BCUT2D eigenvalue weighted by Crippen LogP contribution is 2.13. The third kappa shape index (κ3) is 6.71. The number of sulfonamides is 1. The monoisotopic (exact) mass is 415 g/mol. The van der Waals surface area contributed by atoms with Crippen LogP contribution in [-0.4, -0.2) is 79.0 Å². The molecule has 1 aromatic rings.